The Hall–Kier alpha value is 1.21. The Bertz CT molecular complexity index is 39.7. The van der Waals surface area contributed by atoms with E-state index in [1.54, 1.807) is 13.8 Å². The van der Waals surface area contributed by atoms with Gasteiger partial charge in [0.1, 0.15) is 0 Å². The van der Waals surface area contributed by atoms with E-state index in [1.807, 2.05) is 0 Å². The van der Waals surface area contributed by atoms with Gasteiger partial charge in [0.2, 0.25) is 0 Å². The quantitative estimate of drug-likeness (QED) is 0.744. The molecule has 0 saturated heterocycles. The molecular weight excluding hydrogens is 251 g/mol. The summed E-state index contributed by atoms with van der Waals surface area (Å²) in [5.41, 5.74) is 0. The van der Waals surface area contributed by atoms with Gasteiger partial charge in [0, 0.05) is 38.6 Å². The monoisotopic (exact) mass is 263 g/mol. The van der Waals surface area contributed by atoms with E-state index in [0.717, 1.165) is 0 Å². The summed E-state index contributed by atoms with van der Waals surface area (Å²) in [5, 5.41) is 17.1. The Morgan fingerprint density at radius 3 is 1.38 bits per heavy atom. The number of hydrogen-bond donors (Lipinski definition) is 2. The van der Waals surface area contributed by atoms with Crippen LogP contribution in [0.2, 0.25) is 0 Å². The first-order chi connectivity index (χ1) is 3.13. The van der Waals surface area contributed by atoms with Gasteiger partial charge in [0.25, 0.3) is 0 Å². The minimum atomic E-state index is -0.375. The van der Waals surface area contributed by atoms with Gasteiger partial charge in [-0.1, -0.05) is 0 Å². The molecule has 2 atom stereocenters. The summed E-state index contributed by atoms with van der Waals surface area (Å²) in [6.07, 6.45) is -0.278. The first kappa shape index (κ1) is 11.9. The van der Waals surface area contributed by atoms with Crippen molar-refractivity contribution in [2.75, 3.05) is 0 Å². The molecule has 53 valence electrons. The van der Waals surface area contributed by atoms with Gasteiger partial charge < -0.3 is 10.2 Å². The molecule has 0 aromatic carbocycles. The van der Waals surface area contributed by atoms with Crippen molar-refractivity contribution in [1.82, 2.24) is 0 Å². The van der Waals surface area contributed by atoms with E-state index >= 15 is 0 Å². The maximum atomic E-state index is 8.56. The third-order valence-corrected chi connectivity index (χ3v) is 0.682. The average molecular weight is 263 g/mol. The molecule has 0 aromatic heterocycles. The van der Waals surface area contributed by atoms with Gasteiger partial charge in [-0.3, -0.25) is 0 Å². The van der Waals surface area contributed by atoms with E-state index in [4.69, 9.17) is 10.2 Å². The third-order valence-electron chi connectivity index (χ3n) is 0.682. The Morgan fingerprint density at radius 2 is 1.38 bits per heavy atom. The fraction of sp³-hybridized carbons (Fsp3) is 1.00. The van der Waals surface area contributed by atoms with Crippen molar-refractivity contribution < 1.29 is 48.8 Å². The standard InChI is InChI=1S/C5H12O2.Tb/c1-4(6)3-5(2)7;/h4-7H,3H2,1-2H3;. The van der Waals surface area contributed by atoms with E-state index in [2.05, 4.69) is 0 Å². The Morgan fingerprint density at radius 1 is 1.12 bits per heavy atom. The molecule has 0 aliphatic heterocycles. The maximum Gasteiger partial charge on any atom is 0.0536 e. The SMILES string of the molecule is CC(O)CC(C)O.[Tb]. The maximum absolute atomic E-state index is 8.56. The van der Waals surface area contributed by atoms with Gasteiger partial charge in [-0.2, -0.15) is 0 Å². The fourth-order valence-electron chi connectivity index (χ4n) is 0.494. The molecule has 0 spiro atoms. The molecular formula is C5H12O2Tb. The van der Waals surface area contributed by atoms with Crippen molar-refractivity contribution >= 4 is 0 Å². The van der Waals surface area contributed by atoms with E-state index in [0.29, 0.717) is 6.42 Å². The van der Waals surface area contributed by atoms with Crippen LogP contribution in [0.4, 0.5) is 0 Å². The van der Waals surface area contributed by atoms with Gasteiger partial charge in [-0.25, -0.2) is 0 Å². The average Bonchev–Trinajstić information content (AvgIpc) is 1.27. The molecule has 3 heteroatoms. The predicted octanol–water partition coefficient (Wildman–Crippen LogP) is 0.138. The molecule has 2 unspecified atom stereocenters. The smallest absolute Gasteiger partial charge is 0.0536 e. The molecule has 0 fully saturated rings. The first-order valence-electron chi connectivity index (χ1n) is 2.49. The van der Waals surface area contributed by atoms with Crippen molar-refractivity contribution in [3.8, 4) is 0 Å². The molecule has 0 heterocycles. The van der Waals surface area contributed by atoms with Gasteiger partial charge >= 0.3 is 0 Å². The number of hydrogen-bond acceptors (Lipinski definition) is 2. The summed E-state index contributed by atoms with van der Waals surface area (Å²) in [6, 6.07) is 0. The van der Waals surface area contributed by atoms with Crippen LogP contribution in [0.5, 0.6) is 0 Å². The van der Waals surface area contributed by atoms with E-state index in [-0.39, 0.29) is 50.8 Å². The normalized spacial score (nSPS) is 16.5. The second-order valence-electron chi connectivity index (χ2n) is 1.93. The summed E-state index contributed by atoms with van der Waals surface area (Å²) in [4.78, 5) is 0. The third kappa shape index (κ3) is 10.2. The van der Waals surface area contributed by atoms with E-state index in [1.165, 1.54) is 0 Å². The van der Waals surface area contributed by atoms with Crippen LogP contribution in [-0.2, 0) is 0 Å². The zero-order chi connectivity index (χ0) is 5.86. The zero-order valence-corrected chi connectivity index (χ0v) is 7.23. The Labute approximate surface area is 80.7 Å². The fourth-order valence-corrected chi connectivity index (χ4v) is 0.494. The number of rotatable bonds is 2. The zero-order valence-electron chi connectivity index (χ0n) is 5.09. The molecule has 0 bridgehead atoms. The molecule has 2 N–H and O–H groups in total. The van der Waals surface area contributed by atoms with Crippen LogP contribution in [-0.4, -0.2) is 22.4 Å². The molecule has 0 aromatic rings. The van der Waals surface area contributed by atoms with Gasteiger partial charge in [0.05, 0.1) is 12.2 Å². The summed E-state index contributed by atoms with van der Waals surface area (Å²) in [7, 11) is 0. The minimum Gasteiger partial charge on any atom is -0.393 e. The largest absolute Gasteiger partial charge is 0.393 e. The number of aliphatic hydroxyl groups excluding tert-OH is 2. The Kier molecular flexibility index (Phi) is 9.44. The Balaban J connectivity index is 0. The van der Waals surface area contributed by atoms with Crippen molar-refractivity contribution in [3.63, 3.8) is 0 Å². The van der Waals surface area contributed by atoms with Crippen LogP contribution in [0.1, 0.15) is 20.3 Å². The molecule has 0 rings (SSSR count). The summed E-state index contributed by atoms with van der Waals surface area (Å²) in [5.74, 6) is 0. The molecule has 0 aliphatic carbocycles. The molecule has 8 heavy (non-hydrogen) atoms. The van der Waals surface area contributed by atoms with E-state index < -0.39 is 0 Å². The summed E-state index contributed by atoms with van der Waals surface area (Å²) in [6.45, 7) is 3.32. The predicted molar refractivity (Wildman–Crippen MR) is 28.0 cm³/mol. The van der Waals surface area contributed by atoms with Crippen LogP contribution >= 0.6 is 0 Å². The molecule has 0 amide bonds. The van der Waals surface area contributed by atoms with Gasteiger partial charge in [0.15, 0.2) is 0 Å². The second-order valence-corrected chi connectivity index (χ2v) is 1.93. The van der Waals surface area contributed by atoms with Crippen LogP contribution in [0.3, 0.4) is 0 Å². The number of aliphatic hydroxyl groups is 2. The molecule has 0 aliphatic rings. The van der Waals surface area contributed by atoms with Crippen LogP contribution < -0.4 is 0 Å². The molecule has 0 saturated carbocycles. The molecule has 2 nitrogen and oxygen atoms in total. The molecule has 1 radical (unpaired) electrons. The second kappa shape index (κ2) is 6.33. The van der Waals surface area contributed by atoms with Crippen LogP contribution in [0.15, 0.2) is 0 Å². The van der Waals surface area contributed by atoms with Crippen LogP contribution in [0, 0.1) is 38.6 Å². The van der Waals surface area contributed by atoms with Gasteiger partial charge in [-0.15, -0.1) is 0 Å². The van der Waals surface area contributed by atoms with Crippen molar-refractivity contribution in [2.24, 2.45) is 0 Å². The van der Waals surface area contributed by atoms with Gasteiger partial charge in [-0.05, 0) is 20.3 Å². The minimum absolute atomic E-state index is 0. The van der Waals surface area contributed by atoms with Crippen LogP contribution in [0.25, 0.3) is 0 Å². The van der Waals surface area contributed by atoms with Crippen molar-refractivity contribution in [2.45, 2.75) is 32.5 Å². The van der Waals surface area contributed by atoms with Crippen molar-refractivity contribution in [3.05, 3.63) is 0 Å². The summed E-state index contributed by atoms with van der Waals surface area (Å²) >= 11 is 0. The first-order valence-corrected chi connectivity index (χ1v) is 2.49. The summed E-state index contributed by atoms with van der Waals surface area (Å²) < 4.78 is 0. The van der Waals surface area contributed by atoms with E-state index in [9.17, 15) is 0 Å². The van der Waals surface area contributed by atoms with Crippen molar-refractivity contribution in [1.29, 1.82) is 0 Å². The topological polar surface area (TPSA) is 40.5 Å².